The molecule has 0 heterocycles. The van der Waals surface area contributed by atoms with Crippen LogP contribution in [0.3, 0.4) is 0 Å². The van der Waals surface area contributed by atoms with Gasteiger partial charge in [0.05, 0.1) is 0 Å². The number of rotatable bonds is 6. The summed E-state index contributed by atoms with van der Waals surface area (Å²) < 4.78 is 0. The first-order chi connectivity index (χ1) is 8.06. The standard InChI is InChI=1S/C16H25Br/c1-5-6-7-14-8-10-15(11-9-14)16(17)13(4)12(2)3/h8-13,16H,5-7H2,1-4H3. The van der Waals surface area contributed by atoms with Gasteiger partial charge in [-0.1, -0.05) is 74.3 Å². The molecule has 1 aromatic carbocycles. The molecule has 0 amide bonds. The molecule has 0 saturated carbocycles. The van der Waals surface area contributed by atoms with E-state index in [1.165, 1.54) is 30.4 Å². The van der Waals surface area contributed by atoms with E-state index in [2.05, 4.69) is 67.9 Å². The summed E-state index contributed by atoms with van der Waals surface area (Å²) in [5, 5.41) is 0. The van der Waals surface area contributed by atoms with Crippen molar-refractivity contribution in [1.29, 1.82) is 0 Å². The van der Waals surface area contributed by atoms with Gasteiger partial charge < -0.3 is 0 Å². The molecule has 2 unspecified atom stereocenters. The first-order valence-electron chi connectivity index (χ1n) is 6.79. The van der Waals surface area contributed by atoms with E-state index in [0.29, 0.717) is 16.7 Å². The number of unbranched alkanes of at least 4 members (excludes halogenated alkanes) is 1. The van der Waals surface area contributed by atoms with Crippen molar-refractivity contribution in [2.75, 3.05) is 0 Å². The van der Waals surface area contributed by atoms with Gasteiger partial charge in [0.15, 0.2) is 0 Å². The van der Waals surface area contributed by atoms with Crippen LogP contribution >= 0.6 is 15.9 Å². The van der Waals surface area contributed by atoms with Crippen LogP contribution in [0.4, 0.5) is 0 Å². The molecule has 0 N–H and O–H groups in total. The number of alkyl halides is 1. The quantitative estimate of drug-likeness (QED) is 0.586. The Labute approximate surface area is 115 Å². The molecular weight excluding hydrogens is 272 g/mol. The molecule has 0 nitrogen and oxygen atoms in total. The maximum absolute atomic E-state index is 3.83. The topological polar surface area (TPSA) is 0 Å². The van der Waals surface area contributed by atoms with Gasteiger partial charge in [-0.15, -0.1) is 0 Å². The van der Waals surface area contributed by atoms with Gasteiger partial charge in [-0.3, -0.25) is 0 Å². The van der Waals surface area contributed by atoms with Crippen molar-refractivity contribution in [3.8, 4) is 0 Å². The van der Waals surface area contributed by atoms with Gasteiger partial charge in [0.25, 0.3) is 0 Å². The Hall–Kier alpha value is -0.300. The zero-order valence-corrected chi connectivity index (χ0v) is 13.1. The smallest absolute Gasteiger partial charge is 0.0423 e. The largest absolute Gasteiger partial charge is 0.0836 e. The number of halogens is 1. The summed E-state index contributed by atoms with van der Waals surface area (Å²) in [5.74, 6) is 1.37. The molecule has 1 aromatic rings. The Morgan fingerprint density at radius 3 is 2.12 bits per heavy atom. The van der Waals surface area contributed by atoms with E-state index in [9.17, 15) is 0 Å². The molecule has 0 spiro atoms. The summed E-state index contributed by atoms with van der Waals surface area (Å²) in [7, 11) is 0. The Kier molecular flexibility index (Phi) is 6.26. The minimum Gasteiger partial charge on any atom is -0.0836 e. The Morgan fingerprint density at radius 2 is 1.65 bits per heavy atom. The van der Waals surface area contributed by atoms with Gasteiger partial charge in [0, 0.05) is 4.83 Å². The van der Waals surface area contributed by atoms with Crippen LogP contribution in [-0.4, -0.2) is 0 Å². The summed E-state index contributed by atoms with van der Waals surface area (Å²) in [6, 6.07) is 9.13. The van der Waals surface area contributed by atoms with Crippen molar-refractivity contribution in [2.24, 2.45) is 11.8 Å². The lowest BCUT2D eigenvalue weighted by Gasteiger charge is -2.22. The van der Waals surface area contributed by atoms with Gasteiger partial charge in [-0.05, 0) is 35.8 Å². The molecule has 0 radical (unpaired) electrons. The van der Waals surface area contributed by atoms with Crippen molar-refractivity contribution in [3.63, 3.8) is 0 Å². The fourth-order valence-electron chi connectivity index (χ4n) is 1.89. The molecule has 0 aromatic heterocycles. The summed E-state index contributed by atoms with van der Waals surface area (Å²) in [6.45, 7) is 9.13. The predicted molar refractivity (Wildman–Crippen MR) is 80.7 cm³/mol. The van der Waals surface area contributed by atoms with Crippen LogP contribution in [0.5, 0.6) is 0 Å². The molecule has 17 heavy (non-hydrogen) atoms. The summed E-state index contributed by atoms with van der Waals surface area (Å²) in [5.41, 5.74) is 2.87. The SMILES string of the molecule is CCCCc1ccc(C(Br)C(C)C(C)C)cc1. The highest BCUT2D eigenvalue weighted by Gasteiger charge is 2.18. The third kappa shape index (κ3) is 4.46. The fourth-order valence-corrected chi connectivity index (χ4v) is 2.81. The third-order valence-corrected chi connectivity index (χ3v) is 4.99. The van der Waals surface area contributed by atoms with Gasteiger partial charge in [-0.2, -0.15) is 0 Å². The van der Waals surface area contributed by atoms with Crippen molar-refractivity contribution in [3.05, 3.63) is 35.4 Å². The van der Waals surface area contributed by atoms with Crippen molar-refractivity contribution in [1.82, 2.24) is 0 Å². The third-order valence-electron chi connectivity index (χ3n) is 3.63. The molecule has 0 fully saturated rings. The first kappa shape index (κ1) is 14.8. The lowest BCUT2D eigenvalue weighted by molar-refractivity contribution is 0.414. The Morgan fingerprint density at radius 1 is 1.06 bits per heavy atom. The summed E-state index contributed by atoms with van der Waals surface area (Å²) in [6.07, 6.45) is 3.77. The second-order valence-electron chi connectivity index (χ2n) is 5.35. The van der Waals surface area contributed by atoms with E-state index in [0.717, 1.165) is 0 Å². The van der Waals surface area contributed by atoms with Crippen LogP contribution in [0.2, 0.25) is 0 Å². The average Bonchev–Trinajstić information content (AvgIpc) is 2.35. The Balaban J connectivity index is 2.66. The van der Waals surface area contributed by atoms with E-state index in [-0.39, 0.29) is 0 Å². The van der Waals surface area contributed by atoms with Crippen molar-refractivity contribution >= 4 is 15.9 Å². The Bertz CT molecular complexity index is 313. The zero-order chi connectivity index (χ0) is 12.8. The van der Waals surface area contributed by atoms with Crippen LogP contribution in [0, 0.1) is 11.8 Å². The van der Waals surface area contributed by atoms with Gasteiger partial charge in [-0.25, -0.2) is 0 Å². The minimum absolute atomic E-state index is 0.475. The van der Waals surface area contributed by atoms with Gasteiger partial charge >= 0.3 is 0 Å². The fraction of sp³-hybridized carbons (Fsp3) is 0.625. The average molecular weight is 297 g/mol. The molecule has 0 saturated heterocycles. The normalized spacial score (nSPS) is 14.9. The van der Waals surface area contributed by atoms with Crippen LogP contribution in [0.1, 0.15) is 56.5 Å². The molecule has 1 heteroatoms. The molecule has 96 valence electrons. The van der Waals surface area contributed by atoms with Crippen LogP contribution in [0.15, 0.2) is 24.3 Å². The van der Waals surface area contributed by atoms with Crippen LogP contribution < -0.4 is 0 Å². The van der Waals surface area contributed by atoms with Crippen molar-refractivity contribution < 1.29 is 0 Å². The number of benzene rings is 1. The highest BCUT2D eigenvalue weighted by atomic mass is 79.9. The number of hydrogen-bond donors (Lipinski definition) is 0. The molecular formula is C16H25Br. The molecule has 0 aliphatic carbocycles. The van der Waals surface area contributed by atoms with Gasteiger partial charge in [0.2, 0.25) is 0 Å². The van der Waals surface area contributed by atoms with E-state index in [1.54, 1.807) is 0 Å². The molecule has 0 aliphatic rings. The van der Waals surface area contributed by atoms with Crippen LogP contribution in [-0.2, 0) is 6.42 Å². The second-order valence-corrected chi connectivity index (χ2v) is 6.34. The highest BCUT2D eigenvalue weighted by molar-refractivity contribution is 9.09. The molecule has 0 bridgehead atoms. The van der Waals surface area contributed by atoms with E-state index in [1.807, 2.05) is 0 Å². The lowest BCUT2D eigenvalue weighted by Crippen LogP contribution is -2.10. The number of hydrogen-bond acceptors (Lipinski definition) is 0. The van der Waals surface area contributed by atoms with Crippen LogP contribution in [0.25, 0.3) is 0 Å². The summed E-state index contributed by atoms with van der Waals surface area (Å²) in [4.78, 5) is 0.475. The molecule has 1 rings (SSSR count). The molecule has 2 atom stereocenters. The monoisotopic (exact) mass is 296 g/mol. The minimum atomic E-state index is 0.475. The lowest BCUT2D eigenvalue weighted by atomic mass is 9.90. The van der Waals surface area contributed by atoms with E-state index in [4.69, 9.17) is 0 Å². The highest BCUT2D eigenvalue weighted by Crippen LogP contribution is 2.35. The maximum atomic E-state index is 3.83. The second kappa shape index (κ2) is 7.20. The van der Waals surface area contributed by atoms with E-state index >= 15 is 0 Å². The number of aryl methyl sites for hydroxylation is 1. The maximum Gasteiger partial charge on any atom is 0.0423 e. The zero-order valence-electron chi connectivity index (χ0n) is 11.5. The first-order valence-corrected chi connectivity index (χ1v) is 7.70. The van der Waals surface area contributed by atoms with Gasteiger partial charge in [0.1, 0.15) is 0 Å². The van der Waals surface area contributed by atoms with E-state index < -0.39 is 0 Å². The molecule has 0 aliphatic heterocycles. The summed E-state index contributed by atoms with van der Waals surface area (Å²) >= 11 is 3.83. The van der Waals surface area contributed by atoms with Crippen molar-refractivity contribution in [2.45, 2.75) is 51.8 Å². The predicted octanol–water partition coefficient (Wildman–Crippen LogP) is 5.76.